The summed E-state index contributed by atoms with van der Waals surface area (Å²) in [6.07, 6.45) is 1.87. The smallest absolute Gasteiger partial charge is 0.280 e. The molecule has 5 rings (SSSR count). The highest BCUT2D eigenvalue weighted by Gasteiger charge is 2.37. The van der Waals surface area contributed by atoms with E-state index in [0.717, 1.165) is 34.4 Å². The van der Waals surface area contributed by atoms with Crippen LogP contribution in [0.25, 0.3) is 10.9 Å². The zero-order valence-corrected chi connectivity index (χ0v) is 23.7. The Balaban J connectivity index is 0.00000336. The number of aliphatic hydroxyl groups excluding tert-OH is 2. The van der Waals surface area contributed by atoms with Crippen LogP contribution in [0.15, 0.2) is 24.3 Å². The van der Waals surface area contributed by atoms with Gasteiger partial charge in [0.2, 0.25) is 0 Å². The van der Waals surface area contributed by atoms with Crippen LogP contribution in [0.3, 0.4) is 0 Å². The minimum Gasteiger partial charge on any atom is -0.396 e. The van der Waals surface area contributed by atoms with Crippen molar-refractivity contribution >= 4 is 58.1 Å². The monoisotopic (exact) mass is 581 g/mol. The second-order valence-electron chi connectivity index (χ2n) is 10.6. The summed E-state index contributed by atoms with van der Waals surface area (Å²) in [5, 5.41) is 27.4. The lowest BCUT2D eigenvalue weighted by molar-refractivity contribution is 0.0471. The standard InChI is InChI=1S/C26H32ClN5O4S.ClH/c1-26(2,13-34)32-6-5-18-22(11-32)37-25(31-18)24(36)30-20-8-14(12-33)7-19(20)29-23(35)21-10-15-9-16(27)3-4-17(15)28-21;/h3-4,9-10,14,19-20,28,33-34H,5-8,11-13H2,1-2H3,(H,29,35)(H,30,36);1H. The lowest BCUT2D eigenvalue weighted by Crippen LogP contribution is -2.48. The van der Waals surface area contributed by atoms with Gasteiger partial charge in [-0.05, 0) is 56.9 Å². The van der Waals surface area contributed by atoms with Crippen molar-refractivity contribution in [1.82, 2.24) is 25.5 Å². The molecule has 1 aliphatic carbocycles. The maximum atomic E-state index is 13.2. The SMILES string of the molecule is CC(C)(CO)N1CCc2nc(C(=O)NC3CC(CO)CC3NC(=O)c3cc4cc(Cl)ccc4[nH]3)sc2C1.Cl. The van der Waals surface area contributed by atoms with Crippen molar-refractivity contribution in [3.63, 3.8) is 0 Å². The third-order valence-corrected chi connectivity index (χ3v) is 8.86. The van der Waals surface area contributed by atoms with Gasteiger partial charge in [0.1, 0.15) is 5.69 Å². The van der Waals surface area contributed by atoms with E-state index in [1.54, 1.807) is 18.2 Å². The molecule has 2 amide bonds. The van der Waals surface area contributed by atoms with Crippen LogP contribution in [-0.4, -0.2) is 74.3 Å². The number of H-pyrrole nitrogens is 1. The molecule has 2 aromatic heterocycles. The van der Waals surface area contributed by atoms with Gasteiger partial charge < -0.3 is 25.8 Å². The lowest BCUT2D eigenvalue weighted by atomic mass is 10.0. The molecule has 3 heterocycles. The molecule has 3 aromatic rings. The largest absolute Gasteiger partial charge is 0.396 e. The number of carbonyl (C=O) groups excluding carboxylic acids is 2. The molecular formula is C26H33Cl2N5O4S. The topological polar surface area (TPSA) is 131 Å². The molecule has 3 atom stereocenters. The first-order chi connectivity index (χ1) is 17.7. The van der Waals surface area contributed by atoms with E-state index < -0.39 is 0 Å². The van der Waals surface area contributed by atoms with Crippen molar-refractivity contribution < 1.29 is 19.8 Å². The van der Waals surface area contributed by atoms with Crippen LogP contribution in [0.1, 0.15) is 57.6 Å². The van der Waals surface area contributed by atoms with Gasteiger partial charge in [-0.2, -0.15) is 0 Å². The lowest BCUT2D eigenvalue weighted by Gasteiger charge is -2.39. The Morgan fingerprint density at radius 1 is 1.18 bits per heavy atom. The molecule has 1 aromatic carbocycles. The zero-order valence-electron chi connectivity index (χ0n) is 21.3. The highest BCUT2D eigenvalue weighted by molar-refractivity contribution is 7.13. The normalized spacial score (nSPS) is 21.7. The number of hydrogen-bond donors (Lipinski definition) is 5. The number of amides is 2. The molecule has 38 heavy (non-hydrogen) atoms. The number of rotatable bonds is 7. The molecule has 0 spiro atoms. The Labute approximate surface area is 236 Å². The molecule has 9 nitrogen and oxygen atoms in total. The van der Waals surface area contributed by atoms with Gasteiger partial charge in [0, 0.05) is 64.5 Å². The molecule has 12 heteroatoms. The van der Waals surface area contributed by atoms with E-state index in [1.807, 2.05) is 19.9 Å². The number of benzene rings is 1. The van der Waals surface area contributed by atoms with Gasteiger partial charge in [0.05, 0.1) is 12.3 Å². The van der Waals surface area contributed by atoms with Crippen LogP contribution in [0.4, 0.5) is 0 Å². The van der Waals surface area contributed by atoms with E-state index in [2.05, 4.69) is 25.5 Å². The first-order valence-corrected chi connectivity index (χ1v) is 13.7. The summed E-state index contributed by atoms with van der Waals surface area (Å²) in [6, 6.07) is 6.49. The summed E-state index contributed by atoms with van der Waals surface area (Å²) >= 11 is 7.45. The first kappa shape index (κ1) is 28.8. The van der Waals surface area contributed by atoms with Crippen LogP contribution in [0, 0.1) is 5.92 Å². The van der Waals surface area contributed by atoms with Crippen LogP contribution >= 0.6 is 35.3 Å². The molecule has 3 unspecified atom stereocenters. The molecule has 206 valence electrons. The van der Waals surface area contributed by atoms with Crippen LogP contribution in [0.5, 0.6) is 0 Å². The molecule has 0 saturated heterocycles. The fourth-order valence-electron chi connectivity index (χ4n) is 5.22. The van der Waals surface area contributed by atoms with Crippen molar-refractivity contribution in [3.8, 4) is 0 Å². The highest BCUT2D eigenvalue weighted by Crippen LogP contribution is 2.31. The van der Waals surface area contributed by atoms with Gasteiger partial charge in [-0.3, -0.25) is 14.5 Å². The Morgan fingerprint density at radius 2 is 1.89 bits per heavy atom. The van der Waals surface area contributed by atoms with Gasteiger partial charge in [-0.25, -0.2) is 4.98 Å². The second kappa shape index (κ2) is 11.5. The summed E-state index contributed by atoms with van der Waals surface area (Å²) in [5.74, 6) is -0.558. The number of nitrogens with zero attached hydrogens (tertiary/aromatic N) is 2. The van der Waals surface area contributed by atoms with Crippen molar-refractivity contribution in [3.05, 3.63) is 50.6 Å². The molecule has 1 saturated carbocycles. The second-order valence-corrected chi connectivity index (χ2v) is 12.1. The minimum absolute atomic E-state index is 0. The molecule has 0 bridgehead atoms. The van der Waals surface area contributed by atoms with E-state index in [0.29, 0.717) is 35.1 Å². The van der Waals surface area contributed by atoms with Gasteiger partial charge in [0.15, 0.2) is 5.01 Å². The maximum Gasteiger partial charge on any atom is 0.280 e. The molecule has 1 fully saturated rings. The average molecular weight is 583 g/mol. The Hall–Kier alpha value is -2.21. The molecule has 5 N–H and O–H groups in total. The Morgan fingerprint density at radius 3 is 2.58 bits per heavy atom. The van der Waals surface area contributed by atoms with E-state index in [9.17, 15) is 19.8 Å². The van der Waals surface area contributed by atoms with Crippen molar-refractivity contribution in [2.75, 3.05) is 19.8 Å². The van der Waals surface area contributed by atoms with Crippen LogP contribution in [-0.2, 0) is 13.0 Å². The molecule has 0 radical (unpaired) electrons. The summed E-state index contributed by atoms with van der Waals surface area (Å²) < 4.78 is 0. The maximum absolute atomic E-state index is 13.2. The van der Waals surface area contributed by atoms with Crippen molar-refractivity contribution in [2.24, 2.45) is 5.92 Å². The summed E-state index contributed by atoms with van der Waals surface area (Å²) in [6.45, 7) is 5.49. The fraction of sp³-hybridized carbons (Fsp3) is 0.500. The summed E-state index contributed by atoms with van der Waals surface area (Å²) in [4.78, 5) is 37.2. The van der Waals surface area contributed by atoms with E-state index >= 15 is 0 Å². The zero-order chi connectivity index (χ0) is 26.3. The van der Waals surface area contributed by atoms with Gasteiger partial charge in [-0.15, -0.1) is 23.7 Å². The number of aliphatic hydroxyl groups is 2. The molecule has 2 aliphatic rings. The van der Waals surface area contributed by atoms with Gasteiger partial charge in [-0.1, -0.05) is 11.6 Å². The third-order valence-electron chi connectivity index (χ3n) is 7.55. The number of nitrogens with one attached hydrogen (secondary N) is 3. The number of hydrogen-bond acceptors (Lipinski definition) is 7. The predicted molar refractivity (Wildman–Crippen MR) is 150 cm³/mol. The van der Waals surface area contributed by atoms with E-state index in [1.165, 1.54) is 11.3 Å². The fourth-order valence-corrected chi connectivity index (χ4v) is 6.43. The highest BCUT2D eigenvalue weighted by atomic mass is 35.5. The van der Waals surface area contributed by atoms with Gasteiger partial charge >= 0.3 is 0 Å². The quantitative estimate of drug-likeness (QED) is 0.291. The minimum atomic E-state index is -0.337. The number of aromatic amines is 1. The molecule has 1 aliphatic heterocycles. The number of fused-ring (bicyclic) bond motifs is 2. The Bertz CT molecular complexity index is 1330. The first-order valence-electron chi connectivity index (χ1n) is 12.5. The Kier molecular flexibility index (Phi) is 8.71. The number of halogens is 2. The van der Waals surface area contributed by atoms with Crippen LogP contribution < -0.4 is 10.6 Å². The van der Waals surface area contributed by atoms with E-state index in [4.69, 9.17) is 11.6 Å². The number of carbonyl (C=O) groups is 2. The van der Waals surface area contributed by atoms with E-state index in [-0.39, 0.29) is 61.0 Å². The van der Waals surface area contributed by atoms with Gasteiger partial charge in [0.25, 0.3) is 11.8 Å². The summed E-state index contributed by atoms with van der Waals surface area (Å²) in [7, 11) is 0. The molecular weight excluding hydrogens is 549 g/mol. The third kappa shape index (κ3) is 5.85. The summed E-state index contributed by atoms with van der Waals surface area (Å²) in [5.41, 5.74) is 1.82. The number of aromatic nitrogens is 2. The van der Waals surface area contributed by atoms with Crippen molar-refractivity contribution in [2.45, 2.75) is 57.3 Å². The van der Waals surface area contributed by atoms with Crippen molar-refractivity contribution in [1.29, 1.82) is 0 Å². The predicted octanol–water partition coefficient (Wildman–Crippen LogP) is 3.13. The average Bonchev–Trinajstić information content (AvgIpc) is 3.59. The van der Waals surface area contributed by atoms with Crippen LogP contribution in [0.2, 0.25) is 5.02 Å². The number of thiazole rings is 1.